The molecule has 2 aromatic carbocycles. The first-order chi connectivity index (χ1) is 11.5. The van der Waals surface area contributed by atoms with Crippen molar-refractivity contribution in [3.8, 4) is 11.5 Å². The molecule has 1 aromatic heterocycles. The molecule has 124 valence electrons. The van der Waals surface area contributed by atoms with E-state index in [1.54, 1.807) is 0 Å². The van der Waals surface area contributed by atoms with Gasteiger partial charge in [-0.2, -0.15) is 0 Å². The third kappa shape index (κ3) is 3.65. The molecule has 0 bridgehead atoms. The Morgan fingerprint density at radius 1 is 1.17 bits per heavy atom. The lowest BCUT2D eigenvalue weighted by molar-refractivity contribution is -0.116. The van der Waals surface area contributed by atoms with Crippen LogP contribution in [-0.2, 0) is 11.2 Å². The minimum Gasteiger partial charge on any atom is -0.436 e. The molecule has 1 N–H and O–H groups in total. The van der Waals surface area contributed by atoms with Crippen LogP contribution in [0, 0.1) is 5.92 Å². The summed E-state index contributed by atoms with van der Waals surface area (Å²) in [6.07, 6.45) is 1.51. The highest BCUT2D eigenvalue weighted by Crippen LogP contribution is 2.26. The molecule has 0 spiro atoms. The summed E-state index contributed by atoms with van der Waals surface area (Å²) in [5.74, 6) is 0.944. The fourth-order valence-corrected chi connectivity index (χ4v) is 2.59. The van der Waals surface area contributed by atoms with Gasteiger partial charge in [-0.3, -0.25) is 4.79 Å². The first-order valence-electron chi connectivity index (χ1n) is 8.35. The van der Waals surface area contributed by atoms with Gasteiger partial charge in [-0.25, -0.2) is 4.98 Å². The standard InChI is InChI=1S/C20H22N2O2/c1-4-14-5-7-15(8-6-14)20-22-17-12-16(9-10-18(17)24-20)21-19(23)11-13(2)3/h5-10,12-13H,4,11H2,1-3H3,(H,21,23). The van der Waals surface area contributed by atoms with Crippen molar-refractivity contribution in [3.05, 3.63) is 48.0 Å². The van der Waals surface area contributed by atoms with Crippen molar-refractivity contribution in [2.24, 2.45) is 5.92 Å². The molecule has 0 aliphatic carbocycles. The first-order valence-corrected chi connectivity index (χ1v) is 8.35. The normalized spacial score (nSPS) is 11.2. The van der Waals surface area contributed by atoms with Crippen LogP contribution in [0.1, 0.15) is 32.8 Å². The summed E-state index contributed by atoms with van der Waals surface area (Å²) in [4.78, 5) is 16.4. The van der Waals surface area contributed by atoms with E-state index in [0.717, 1.165) is 23.2 Å². The van der Waals surface area contributed by atoms with Crippen molar-refractivity contribution in [1.82, 2.24) is 4.98 Å². The molecule has 0 radical (unpaired) electrons. The zero-order valence-corrected chi connectivity index (χ0v) is 14.3. The second-order valence-electron chi connectivity index (χ2n) is 6.40. The predicted molar refractivity (Wildman–Crippen MR) is 96.9 cm³/mol. The van der Waals surface area contributed by atoms with Gasteiger partial charge in [0.05, 0.1) is 0 Å². The van der Waals surface area contributed by atoms with Crippen molar-refractivity contribution >= 4 is 22.7 Å². The largest absolute Gasteiger partial charge is 0.436 e. The van der Waals surface area contributed by atoms with Crippen molar-refractivity contribution in [2.45, 2.75) is 33.6 Å². The third-order valence-electron chi connectivity index (χ3n) is 3.87. The Balaban J connectivity index is 1.84. The summed E-state index contributed by atoms with van der Waals surface area (Å²) in [6.45, 7) is 6.18. The van der Waals surface area contributed by atoms with E-state index < -0.39 is 0 Å². The average molecular weight is 322 g/mol. The van der Waals surface area contributed by atoms with Crippen molar-refractivity contribution in [3.63, 3.8) is 0 Å². The van der Waals surface area contributed by atoms with Gasteiger partial charge in [-0.1, -0.05) is 32.9 Å². The van der Waals surface area contributed by atoms with Crippen molar-refractivity contribution in [1.29, 1.82) is 0 Å². The van der Waals surface area contributed by atoms with Gasteiger partial charge in [0.25, 0.3) is 0 Å². The van der Waals surface area contributed by atoms with Crippen LogP contribution in [0.25, 0.3) is 22.6 Å². The number of benzene rings is 2. The number of aromatic nitrogens is 1. The van der Waals surface area contributed by atoms with Crippen molar-refractivity contribution in [2.75, 3.05) is 5.32 Å². The molecule has 0 aliphatic heterocycles. The highest BCUT2D eigenvalue weighted by atomic mass is 16.3. The summed E-state index contributed by atoms with van der Waals surface area (Å²) in [6, 6.07) is 13.8. The fraction of sp³-hybridized carbons (Fsp3) is 0.300. The maximum Gasteiger partial charge on any atom is 0.227 e. The molecule has 4 nitrogen and oxygen atoms in total. The van der Waals surface area contributed by atoms with E-state index in [0.29, 0.717) is 23.8 Å². The smallest absolute Gasteiger partial charge is 0.227 e. The molecular weight excluding hydrogens is 300 g/mol. The Kier molecular flexibility index (Phi) is 4.65. The van der Waals surface area contributed by atoms with Crippen LogP contribution in [0.4, 0.5) is 5.69 Å². The lowest BCUT2D eigenvalue weighted by Crippen LogP contribution is -2.13. The van der Waals surface area contributed by atoms with E-state index in [1.807, 2.05) is 44.2 Å². The van der Waals surface area contributed by atoms with Gasteiger partial charge in [0.15, 0.2) is 5.58 Å². The first kappa shape index (κ1) is 16.2. The number of oxazole rings is 1. The van der Waals surface area contributed by atoms with E-state index in [2.05, 4.69) is 29.4 Å². The van der Waals surface area contributed by atoms with Crippen molar-refractivity contribution < 1.29 is 9.21 Å². The van der Waals surface area contributed by atoms with Gasteiger partial charge in [-0.15, -0.1) is 0 Å². The summed E-state index contributed by atoms with van der Waals surface area (Å²) in [5, 5.41) is 2.91. The lowest BCUT2D eigenvalue weighted by atomic mass is 10.1. The maximum absolute atomic E-state index is 11.9. The molecule has 1 amide bonds. The van der Waals surface area contributed by atoms with E-state index >= 15 is 0 Å². The number of carbonyl (C=O) groups excluding carboxylic acids is 1. The number of anilines is 1. The van der Waals surface area contributed by atoms with Crippen LogP contribution < -0.4 is 5.32 Å². The number of hydrogen-bond donors (Lipinski definition) is 1. The van der Waals surface area contributed by atoms with Gasteiger partial charge >= 0.3 is 0 Å². The zero-order valence-electron chi connectivity index (χ0n) is 14.3. The van der Waals surface area contributed by atoms with Crippen LogP contribution in [0.15, 0.2) is 46.9 Å². The van der Waals surface area contributed by atoms with Gasteiger partial charge < -0.3 is 9.73 Å². The summed E-state index contributed by atoms with van der Waals surface area (Å²) in [5.41, 5.74) is 4.44. The van der Waals surface area contributed by atoms with E-state index in [-0.39, 0.29) is 5.91 Å². The lowest BCUT2D eigenvalue weighted by Gasteiger charge is -2.06. The van der Waals surface area contributed by atoms with Crippen LogP contribution in [-0.4, -0.2) is 10.9 Å². The Bertz CT molecular complexity index is 848. The number of amides is 1. The molecular formula is C20H22N2O2. The second kappa shape index (κ2) is 6.87. The second-order valence-corrected chi connectivity index (χ2v) is 6.40. The summed E-state index contributed by atoms with van der Waals surface area (Å²) >= 11 is 0. The van der Waals surface area contributed by atoms with Crippen LogP contribution in [0.5, 0.6) is 0 Å². The molecule has 4 heteroatoms. The number of carbonyl (C=O) groups is 1. The molecule has 0 saturated heterocycles. The Morgan fingerprint density at radius 3 is 2.58 bits per heavy atom. The third-order valence-corrected chi connectivity index (χ3v) is 3.87. The molecule has 0 unspecified atom stereocenters. The molecule has 0 fully saturated rings. The van der Waals surface area contributed by atoms with Gasteiger partial charge in [0.2, 0.25) is 11.8 Å². The van der Waals surface area contributed by atoms with Crippen LogP contribution in [0.2, 0.25) is 0 Å². The maximum atomic E-state index is 11.9. The highest BCUT2D eigenvalue weighted by molar-refractivity contribution is 5.93. The minimum atomic E-state index is 0.0169. The summed E-state index contributed by atoms with van der Waals surface area (Å²) < 4.78 is 5.83. The molecule has 3 rings (SSSR count). The van der Waals surface area contributed by atoms with Gasteiger partial charge in [0.1, 0.15) is 5.52 Å². The van der Waals surface area contributed by atoms with E-state index in [1.165, 1.54) is 5.56 Å². The Morgan fingerprint density at radius 2 is 1.92 bits per heavy atom. The van der Waals surface area contributed by atoms with Crippen LogP contribution >= 0.6 is 0 Å². The van der Waals surface area contributed by atoms with Gasteiger partial charge in [-0.05, 0) is 48.2 Å². The zero-order chi connectivity index (χ0) is 17.1. The monoisotopic (exact) mass is 322 g/mol. The fourth-order valence-electron chi connectivity index (χ4n) is 2.59. The van der Waals surface area contributed by atoms with E-state index in [4.69, 9.17) is 4.42 Å². The number of nitrogens with one attached hydrogen (secondary N) is 1. The Hall–Kier alpha value is -2.62. The molecule has 0 atom stereocenters. The predicted octanol–water partition coefficient (Wildman–Crippen LogP) is 5.04. The highest BCUT2D eigenvalue weighted by Gasteiger charge is 2.10. The van der Waals surface area contributed by atoms with Crippen LogP contribution in [0.3, 0.4) is 0 Å². The number of nitrogens with zero attached hydrogens (tertiary/aromatic N) is 1. The minimum absolute atomic E-state index is 0.0169. The Labute approximate surface area is 141 Å². The quantitative estimate of drug-likeness (QED) is 0.716. The van der Waals surface area contributed by atoms with Gasteiger partial charge in [0, 0.05) is 17.7 Å². The molecule has 0 aliphatic rings. The molecule has 0 saturated carbocycles. The number of aryl methyl sites for hydroxylation is 1. The summed E-state index contributed by atoms with van der Waals surface area (Å²) in [7, 11) is 0. The average Bonchev–Trinajstić information content (AvgIpc) is 2.97. The number of hydrogen-bond acceptors (Lipinski definition) is 3. The molecule has 24 heavy (non-hydrogen) atoms. The number of fused-ring (bicyclic) bond motifs is 1. The SMILES string of the molecule is CCc1ccc(-c2nc3cc(NC(=O)CC(C)C)ccc3o2)cc1. The molecule has 3 aromatic rings. The topological polar surface area (TPSA) is 55.1 Å². The molecule has 1 heterocycles. The number of rotatable bonds is 5. The van der Waals surface area contributed by atoms with E-state index in [9.17, 15) is 4.79 Å².